The highest BCUT2D eigenvalue weighted by Crippen LogP contribution is 2.31. The van der Waals surface area contributed by atoms with E-state index in [9.17, 15) is 14.7 Å². The highest BCUT2D eigenvalue weighted by atomic mass is 35.5. The smallest absolute Gasteiger partial charge is 0.335 e. The first kappa shape index (κ1) is 16.5. The zero-order valence-electron chi connectivity index (χ0n) is 13.3. The predicted molar refractivity (Wildman–Crippen MR) is 92.9 cm³/mol. The van der Waals surface area contributed by atoms with E-state index < -0.39 is 5.97 Å². The summed E-state index contributed by atoms with van der Waals surface area (Å²) in [6, 6.07) is 12.3. The quantitative estimate of drug-likeness (QED) is 0.917. The zero-order chi connectivity index (χ0) is 17.3. The van der Waals surface area contributed by atoms with Crippen LogP contribution in [-0.4, -0.2) is 35.0 Å². The normalized spacial score (nSPS) is 17.1. The van der Waals surface area contributed by atoms with Gasteiger partial charge in [-0.05, 0) is 42.7 Å². The lowest BCUT2D eigenvalue weighted by Gasteiger charge is -2.19. The third kappa shape index (κ3) is 3.15. The van der Waals surface area contributed by atoms with Crippen LogP contribution >= 0.6 is 11.6 Å². The standard InChI is InChI=1S/C19H18ClNO3/c1-12-6-7-14(20)10-17(12)18(22)21-9-8-13(11-21)15-4-2-3-5-16(15)19(23)24/h2-7,10,13H,8-9,11H2,1H3,(H,23,24)/t13-/m1/s1. The number of hydrogen-bond donors (Lipinski definition) is 1. The van der Waals surface area contributed by atoms with Crippen molar-refractivity contribution in [3.8, 4) is 0 Å². The highest BCUT2D eigenvalue weighted by Gasteiger charge is 2.30. The van der Waals surface area contributed by atoms with E-state index in [-0.39, 0.29) is 11.8 Å². The molecule has 3 rings (SSSR count). The molecule has 0 saturated carbocycles. The topological polar surface area (TPSA) is 57.6 Å². The Morgan fingerprint density at radius 1 is 1.17 bits per heavy atom. The maximum atomic E-state index is 12.8. The Bertz CT molecular complexity index is 803. The summed E-state index contributed by atoms with van der Waals surface area (Å²) in [7, 11) is 0. The lowest BCUT2D eigenvalue weighted by Crippen LogP contribution is -2.29. The van der Waals surface area contributed by atoms with Crippen LogP contribution in [0.2, 0.25) is 5.02 Å². The van der Waals surface area contributed by atoms with Crippen LogP contribution in [0.4, 0.5) is 0 Å². The number of carboxylic acids is 1. The van der Waals surface area contributed by atoms with Crippen molar-refractivity contribution in [3.05, 3.63) is 69.7 Å². The van der Waals surface area contributed by atoms with E-state index in [0.29, 0.717) is 29.2 Å². The van der Waals surface area contributed by atoms with Crippen LogP contribution in [0.5, 0.6) is 0 Å². The third-order valence-corrected chi connectivity index (χ3v) is 4.77. The van der Waals surface area contributed by atoms with E-state index in [1.165, 1.54) is 0 Å². The summed E-state index contributed by atoms with van der Waals surface area (Å²) in [5.41, 5.74) is 2.60. The number of carbonyl (C=O) groups excluding carboxylic acids is 1. The lowest BCUT2D eigenvalue weighted by molar-refractivity contribution is 0.0695. The van der Waals surface area contributed by atoms with Crippen molar-refractivity contribution in [2.24, 2.45) is 0 Å². The van der Waals surface area contributed by atoms with Gasteiger partial charge in [0.25, 0.3) is 5.91 Å². The monoisotopic (exact) mass is 343 g/mol. The molecule has 0 unspecified atom stereocenters. The first-order valence-electron chi connectivity index (χ1n) is 7.85. The van der Waals surface area contributed by atoms with Gasteiger partial charge in [-0.2, -0.15) is 0 Å². The molecule has 1 aliphatic heterocycles. The SMILES string of the molecule is Cc1ccc(Cl)cc1C(=O)N1CC[C@@H](c2ccccc2C(=O)O)C1. The molecule has 2 aromatic rings. The van der Waals surface area contributed by atoms with Crippen molar-refractivity contribution in [1.82, 2.24) is 4.90 Å². The summed E-state index contributed by atoms with van der Waals surface area (Å²) in [5, 5.41) is 9.89. The second-order valence-electron chi connectivity index (χ2n) is 6.09. The number of hydrogen-bond acceptors (Lipinski definition) is 2. The van der Waals surface area contributed by atoms with Crippen LogP contribution < -0.4 is 0 Å². The molecule has 2 aromatic carbocycles. The van der Waals surface area contributed by atoms with Gasteiger partial charge in [-0.3, -0.25) is 4.79 Å². The van der Waals surface area contributed by atoms with Gasteiger partial charge in [-0.25, -0.2) is 4.79 Å². The van der Waals surface area contributed by atoms with Crippen LogP contribution in [-0.2, 0) is 0 Å². The van der Waals surface area contributed by atoms with Crippen molar-refractivity contribution < 1.29 is 14.7 Å². The van der Waals surface area contributed by atoms with E-state index in [0.717, 1.165) is 17.5 Å². The Morgan fingerprint density at radius 3 is 2.67 bits per heavy atom. The molecule has 124 valence electrons. The van der Waals surface area contributed by atoms with Crippen molar-refractivity contribution in [2.75, 3.05) is 13.1 Å². The molecular formula is C19H18ClNO3. The van der Waals surface area contributed by atoms with Gasteiger partial charge in [0.05, 0.1) is 5.56 Å². The minimum absolute atomic E-state index is 0.0424. The molecule has 1 saturated heterocycles. The molecule has 5 heteroatoms. The van der Waals surface area contributed by atoms with Gasteiger partial charge in [-0.15, -0.1) is 0 Å². The first-order valence-corrected chi connectivity index (χ1v) is 8.23. The average molecular weight is 344 g/mol. The van der Waals surface area contributed by atoms with Crippen molar-refractivity contribution in [2.45, 2.75) is 19.3 Å². The molecule has 0 bridgehead atoms. The van der Waals surface area contributed by atoms with E-state index >= 15 is 0 Å². The molecule has 1 N–H and O–H groups in total. The summed E-state index contributed by atoms with van der Waals surface area (Å²) in [5.74, 6) is -0.938. The second kappa shape index (κ2) is 6.65. The number of benzene rings is 2. The molecule has 1 amide bonds. The minimum atomic E-state index is -0.930. The lowest BCUT2D eigenvalue weighted by atomic mass is 9.93. The Balaban J connectivity index is 1.82. The fourth-order valence-electron chi connectivity index (χ4n) is 3.24. The van der Waals surface area contributed by atoms with Gasteiger partial charge in [0.2, 0.25) is 0 Å². The van der Waals surface area contributed by atoms with E-state index in [1.807, 2.05) is 25.1 Å². The molecule has 1 aliphatic rings. The fraction of sp³-hybridized carbons (Fsp3) is 0.263. The maximum Gasteiger partial charge on any atom is 0.335 e. The molecule has 1 atom stereocenters. The van der Waals surface area contributed by atoms with Crippen molar-refractivity contribution >= 4 is 23.5 Å². The second-order valence-corrected chi connectivity index (χ2v) is 6.52. The van der Waals surface area contributed by atoms with E-state index in [4.69, 9.17) is 11.6 Å². The summed E-state index contributed by atoms with van der Waals surface area (Å²) < 4.78 is 0. The molecule has 1 fully saturated rings. The molecule has 0 aliphatic carbocycles. The Labute approximate surface area is 145 Å². The fourth-order valence-corrected chi connectivity index (χ4v) is 3.41. The maximum absolute atomic E-state index is 12.8. The third-order valence-electron chi connectivity index (χ3n) is 4.54. The Kier molecular flexibility index (Phi) is 4.58. The van der Waals surface area contributed by atoms with Gasteiger partial charge in [-0.1, -0.05) is 35.9 Å². The molecule has 24 heavy (non-hydrogen) atoms. The summed E-state index contributed by atoms with van der Waals surface area (Å²) in [4.78, 5) is 25.9. The number of rotatable bonds is 3. The zero-order valence-corrected chi connectivity index (χ0v) is 14.1. The molecule has 0 radical (unpaired) electrons. The van der Waals surface area contributed by atoms with Gasteiger partial charge in [0.1, 0.15) is 0 Å². The molecule has 4 nitrogen and oxygen atoms in total. The summed E-state index contributed by atoms with van der Waals surface area (Å²) >= 11 is 6.01. The van der Waals surface area contributed by atoms with Gasteiger partial charge in [0.15, 0.2) is 0 Å². The number of carbonyl (C=O) groups is 2. The Morgan fingerprint density at radius 2 is 1.92 bits per heavy atom. The average Bonchev–Trinajstić information content (AvgIpc) is 3.06. The minimum Gasteiger partial charge on any atom is -0.478 e. The predicted octanol–water partition coefficient (Wildman–Crippen LogP) is 3.98. The number of halogens is 1. The van der Waals surface area contributed by atoms with Gasteiger partial charge < -0.3 is 10.0 Å². The van der Waals surface area contributed by atoms with Crippen LogP contribution in [0.1, 0.15) is 44.2 Å². The first-order chi connectivity index (χ1) is 11.5. The van der Waals surface area contributed by atoms with E-state index in [1.54, 1.807) is 29.2 Å². The van der Waals surface area contributed by atoms with Gasteiger partial charge >= 0.3 is 5.97 Å². The van der Waals surface area contributed by atoms with Gasteiger partial charge in [0, 0.05) is 29.6 Å². The van der Waals surface area contributed by atoms with Crippen molar-refractivity contribution in [3.63, 3.8) is 0 Å². The van der Waals surface area contributed by atoms with E-state index in [2.05, 4.69) is 0 Å². The largest absolute Gasteiger partial charge is 0.478 e. The number of amides is 1. The van der Waals surface area contributed by atoms with Crippen LogP contribution in [0.3, 0.4) is 0 Å². The molecule has 0 spiro atoms. The molecule has 0 aromatic heterocycles. The number of aryl methyl sites for hydroxylation is 1. The van der Waals surface area contributed by atoms with Crippen molar-refractivity contribution in [1.29, 1.82) is 0 Å². The highest BCUT2D eigenvalue weighted by molar-refractivity contribution is 6.31. The summed E-state index contributed by atoms with van der Waals surface area (Å²) in [6.45, 7) is 3.02. The molecule has 1 heterocycles. The van der Waals surface area contributed by atoms with Crippen LogP contribution in [0.25, 0.3) is 0 Å². The molecular weight excluding hydrogens is 326 g/mol. The Hall–Kier alpha value is -2.33. The van der Waals surface area contributed by atoms with Crippen LogP contribution in [0, 0.1) is 6.92 Å². The number of nitrogens with zero attached hydrogens (tertiary/aromatic N) is 1. The number of likely N-dealkylation sites (tertiary alicyclic amines) is 1. The number of aromatic carboxylic acids is 1. The number of carboxylic acid groups (broad SMARTS) is 1. The summed E-state index contributed by atoms with van der Waals surface area (Å²) in [6.07, 6.45) is 0.760. The van der Waals surface area contributed by atoms with Crippen LogP contribution in [0.15, 0.2) is 42.5 Å².